The number of carbonyl (C=O) groups is 1. The number of benzene rings is 1. The van der Waals surface area contributed by atoms with Crippen LogP contribution in [0.15, 0.2) is 18.2 Å². The Kier molecular flexibility index (Phi) is 6.13. The lowest BCUT2D eigenvalue weighted by molar-refractivity contribution is -0.117. The average molecular weight is 379 g/mol. The number of hydrogen-bond acceptors (Lipinski definition) is 5. The lowest BCUT2D eigenvalue weighted by atomic mass is 9.88. The molecule has 2 N–H and O–H groups in total. The highest BCUT2D eigenvalue weighted by molar-refractivity contribution is 7.92. The number of nitrogens with zero attached hydrogens (tertiary/aromatic N) is 2. The maximum absolute atomic E-state index is 11.9. The zero-order valence-corrected chi connectivity index (χ0v) is 16.0. The summed E-state index contributed by atoms with van der Waals surface area (Å²) in [6.07, 6.45) is 5.61. The topological polar surface area (TPSA) is 110 Å². The van der Waals surface area contributed by atoms with Crippen molar-refractivity contribution in [3.63, 3.8) is 0 Å². The van der Waals surface area contributed by atoms with Crippen molar-refractivity contribution >= 4 is 21.8 Å². The van der Waals surface area contributed by atoms with E-state index in [1.54, 1.807) is 12.1 Å². The molecule has 2 rings (SSSR count). The van der Waals surface area contributed by atoms with E-state index in [0.29, 0.717) is 0 Å². The second kappa shape index (κ2) is 7.96. The van der Waals surface area contributed by atoms with Gasteiger partial charge in [-0.2, -0.15) is 13.7 Å². The molecule has 0 atom stereocenters. The lowest BCUT2D eigenvalue weighted by Gasteiger charge is -2.17. The molecule has 142 valence electrons. The first-order valence-electron chi connectivity index (χ1n) is 8.71. The Bertz CT molecular complexity index is 812. The van der Waals surface area contributed by atoms with Crippen LogP contribution in [-0.2, 0) is 21.4 Å². The second-order valence-electron chi connectivity index (χ2n) is 7.27. The number of aromatic hydroxyl groups is 1. The van der Waals surface area contributed by atoms with Gasteiger partial charge in [-0.05, 0) is 50.8 Å². The highest BCUT2D eigenvalue weighted by Gasteiger charge is 2.35. The zero-order chi connectivity index (χ0) is 19.4. The zero-order valence-electron chi connectivity index (χ0n) is 15.2. The van der Waals surface area contributed by atoms with Gasteiger partial charge in [-0.3, -0.25) is 4.79 Å². The number of amides is 1. The largest absolute Gasteiger partial charge is 0.506 e. The number of carbonyl (C=O) groups excluding carboxylic acids is 1. The van der Waals surface area contributed by atoms with Crippen LogP contribution in [0.1, 0.15) is 51.5 Å². The minimum Gasteiger partial charge on any atom is -0.506 e. The lowest BCUT2D eigenvalue weighted by Crippen LogP contribution is -2.29. The molecule has 1 aliphatic rings. The molecular formula is C18H25N3O4S. The Hall–Kier alpha value is -2.27. The van der Waals surface area contributed by atoms with Crippen LogP contribution in [0.2, 0.25) is 0 Å². The molecule has 7 nitrogen and oxygen atoms in total. The van der Waals surface area contributed by atoms with Gasteiger partial charge < -0.3 is 5.11 Å². The Morgan fingerprint density at radius 3 is 2.58 bits per heavy atom. The summed E-state index contributed by atoms with van der Waals surface area (Å²) in [5.41, 5.74) is 0.750. The van der Waals surface area contributed by atoms with Crippen LogP contribution in [0.4, 0.5) is 5.69 Å². The van der Waals surface area contributed by atoms with Crippen LogP contribution in [0.5, 0.6) is 5.75 Å². The molecule has 0 aromatic heterocycles. The van der Waals surface area contributed by atoms with Gasteiger partial charge in [-0.1, -0.05) is 25.3 Å². The number of phenolic OH excluding ortho intramolecular Hbond substituents is 1. The Labute approximate surface area is 154 Å². The predicted octanol–water partition coefficient (Wildman–Crippen LogP) is 2.62. The van der Waals surface area contributed by atoms with E-state index in [4.69, 9.17) is 5.26 Å². The highest BCUT2D eigenvalue weighted by Crippen LogP contribution is 2.32. The number of aryl methyl sites for hydroxylation is 1. The molecule has 1 aromatic rings. The van der Waals surface area contributed by atoms with Gasteiger partial charge >= 0.3 is 10.2 Å². The summed E-state index contributed by atoms with van der Waals surface area (Å²) in [6, 6.07) is 7.13. The first-order valence-corrected chi connectivity index (χ1v) is 10.1. The first-order chi connectivity index (χ1) is 12.1. The van der Waals surface area contributed by atoms with Gasteiger partial charge in [0.15, 0.2) is 0 Å². The third kappa shape index (κ3) is 5.11. The van der Waals surface area contributed by atoms with Crippen LogP contribution in [0, 0.1) is 16.7 Å². The number of unbranched alkanes of at least 4 members (excludes halogenated alkanes) is 3. The van der Waals surface area contributed by atoms with Crippen molar-refractivity contribution in [2.75, 3.05) is 10.8 Å². The van der Waals surface area contributed by atoms with Crippen molar-refractivity contribution in [1.82, 2.24) is 4.72 Å². The van der Waals surface area contributed by atoms with E-state index in [-0.39, 0.29) is 23.4 Å². The summed E-state index contributed by atoms with van der Waals surface area (Å²) in [4.78, 5) is 11.4. The quantitative estimate of drug-likeness (QED) is 0.675. The van der Waals surface area contributed by atoms with Gasteiger partial charge in [0, 0.05) is 0 Å². The van der Waals surface area contributed by atoms with Crippen LogP contribution < -0.4 is 9.03 Å². The fraction of sp³-hybridized carbons (Fsp3) is 0.556. The number of rotatable bonds is 8. The van der Waals surface area contributed by atoms with Crippen molar-refractivity contribution in [1.29, 1.82) is 5.26 Å². The summed E-state index contributed by atoms with van der Waals surface area (Å²) < 4.78 is 26.7. The minimum atomic E-state index is -3.93. The van der Waals surface area contributed by atoms with Gasteiger partial charge in [-0.15, -0.1) is 0 Å². The summed E-state index contributed by atoms with van der Waals surface area (Å²) >= 11 is 0. The third-order valence-electron chi connectivity index (χ3n) is 4.45. The molecular weight excluding hydrogens is 354 g/mol. The molecule has 1 aliphatic heterocycles. The molecule has 0 unspecified atom stereocenters. The Balaban J connectivity index is 1.90. The van der Waals surface area contributed by atoms with E-state index in [0.717, 1.165) is 48.4 Å². The van der Waals surface area contributed by atoms with Crippen LogP contribution in [0.25, 0.3) is 0 Å². The van der Waals surface area contributed by atoms with Gasteiger partial charge in [0.25, 0.3) is 5.91 Å². The normalized spacial score (nSPS) is 16.3. The van der Waals surface area contributed by atoms with E-state index in [1.807, 2.05) is 18.6 Å². The fourth-order valence-corrected chi connectivity index (χ4v) is 4.05. The standard InChI is InChI=1S/C18H25N3O4S/c1-18(2,13-19)10-6-4-3-5-7-14-8-9-16(22)15(11-14)21-12-17(23)20-26(21,24)25/h8-9,11,22H,3-7,10,12H2,1-2H3,(H,20,23). The maximum atomic E-state index is 11.9. The third-order valence-corrected chi connectivity index (χ3v) is 5.84. The van der Waals surface area contributed by atoms with Gasteiger partial charge in [-0.25, -0.2) is 9.03 Å². The van der Waals surface area contributed by atoms with E-state index in [2.05, 4.69) is 6.07 Å². The Morgan fingerprint density at radius 2 is 1.96 bits per heavy atom. The molecule has 0 radical (unpaired) electrons. The molecule has 1 saturated heterocycles. The summed E-state index contributed by atoms with van der Waals surface area (Å²) in [6.45, 7) is 3.56. The highest BCUT2D eigenvalue weighted by atomic mass is 32.2. The monoisotopic (exact) mass is 379 g/mol. The molecule has 0 spiro atoms. The molecule has 8 heteroatoms. The van der Waals surface area contributed by atoms with Gasteiger partial charge in [0.2, 0.25) is 0 Å². The molecule has 1 fully saturated rings. The fourth-order valence-electron chi connectivity index (χ4n) is 2.89. The van der Waals surface area contributed by atoms with Crippen molar-refractivity contribution in [3.8, 4) is 11.8 Å². The van der Waals surface area contributed by atoms with E-state index in [1.165, 1.54) is 6.07 Å². The molecule has 1 heterocycles. The smallest absolute Gasteiger partial charge is 0.326 e. The Morgan fingerprint density at radius 1 is 1.27 bits per heavy atom. The van der Waals surface area contributed by atoms with Gasteiger partial charge in [0.1, 0.15) is 12.3 Å². The van der Waals surface area contributed by atoms with Crippen LogP contribution in [0.3, 0.4) is 0 Å². The predicted molar refractivity (Wildman–Crippen MR) is 98.7 cm³/mol. The number of nitrogens with one attached hydrogen (secondary N) is 1. The summed E-state index contributed by atoms with van der Waals surface area (Å²) in [7, 11) is -3.93. The molecule has 0 saturated carbocycles. The van der Waals surface area contributed by atoms with Crippen molar-refractivity contribution < 1.29 is 18.3 Å². The van der Waals surface area contributed by atoms with Crippen LogP contribution >= 0.6 is 0 Å². The molecule has 1 amide bonds. The maximum Gasteiger partial charge on any atom is 0.326 e. The number of anilines is 1. The molecule has 26 heavy (non-hydrogen) atoms. The molecule has 1 aromatic carbocycles. The van der Waals surface area contributed by atoms with E-state index >= 15 is 0 Å². The molecule has 0 bridgehead atoms. The van der Waals surface area contributed by atoms with Crippen molar-refractivity contribution in [3.05, 3.63) is 23.8 Å². The second-order valence-corrected chi connectivity index (χ2v) is 8.86. The molecule has 0 aliphatic carbocycles. The number of hydrogen-bond donors (Lipinski definition) is 2. The van der Waals surface area contributed by atoms with Gasteiger partial charge in [0.05, 0.1) is 17.2 Å². The summed E-state index contributed by atoms with van der Waals surface area (Å²) in [5.74, 6) is -0.789. The van der Waals surface area contributed by atoms with Crippen LogP contribution in [-0.4, -0.2) is 26.0 Å². The average Bonchev–Trinajstić information content (AvgIpc) is 2.84. The van der Waals surface area contributed by atoms with E-state index < -0.39 is 16.1 Å². The van der Waals surface area contributed by atoms with Crippen molar-refractivity contribution in [2.45, 2.75) is 52.4 Å². The number of phenols is 1. The van der Waals surface area contributed by atoms with Crippen molar-refractivity contribution in [2.24, 2.45) is 5.41 Å². The minimum absolute atomic E-state index is 0.122. The number of nitriles is 1. The first kappa shape index (κ1) is 20.0. The van der Waals surface area contributed by atoms with E-state index in [9.17, 15) is 18.3 Å². The SMILES string of the molecule is CC(C)(C#N)CCCCCCc1ccc(O)c(N2CC(=O)NS2(=O)=O)c1. The summed E-state index contributed by atoms with van der Waals surface area (Å²) in [5, 5.41) is 19.0.